The van der Waals surface area contributed by atoms with E-state index < -0.39 is 0 Å². The normalized spacial score (nSPS) is 18.9. The van der Waals surface area contributed by atoms with Crippen molar-refractivity contribution in [1.29, 1.82) is 0 Å². The second-order valence-electron chi connectivity index (χ2n) is 3.72. The van der Waals surface area contributed by atoms with Crippen LogP contribution >= 0.6 is 11.8 Å². The van der Waals surface area contributed by atoms with Gasteiger partial charge in [-0.2, -0.15) is 11.8 Å². The van der Waals surface area contributed by atoms with Gasteiger partial charge in [0.15, 0.2) is 0 Å². The molecule has 0 fully saturated rings. The molecule has 0 aliphatic heterocycles. The highest BCUT2D eigenvalue weighted by Crippen LogP contribution is 2.36. The van der Waals surface area contributed by atoms with Gasteiger partial charge in [0.05, 0.1) is 12.7 Å². The minimum Gasteiger partial charge on any atom is -0.492 e. The molecule has 0 radical (unpaired) electrons. The molecule has 0 amide bonds. The Kier molecular flexibility index (Phi) is 3.54. The van der Waals surface area contributed by atoms with Crippen molar-refractivity contribution in [2.75, 3.05) is 18.6 Å². The van der Waals surface area contributed by atoms with Crippen LogP contribution in [0.4, 0.5) is 0 Å². The highest BCUT2D eigenvalue weighted by atomic mass is 32.2. The van der Waals surface area contributed by atoms with Gasteiger partial charge in [-0.15, -0.1) is 0 Å². The number of ether oxygens (including phenoxy) is 1. The van der Waals surface area contributed by atoms with Gasteiger partial charge in [0.2, 0.25) is 0 Å². The van der Waals surface area contributed by atoms with Crippen molar-refractivity contribution < 1.29 is 9.84 Å². The number of fused-ring (bicyclic) bond motifs is 1. The zero-order valence-electron chi connectivity index (χ0n) is 8.90. The molecule has 3 heteroatoms. The summed E-state index contributed by atoms with van der Waals surface area (Å²) in [5, 5.41) is 9.72. The summed E-state index contributed by atoms with van der Waals surface area (Å²) < 4.78 is 5.71. The van der Waals surface area contributed by atoms with Crippen LogP contribution in [-0.4, -0.2) is 23.7 Å². The molecule has 1 unspecified atom stereocenters. The summed E-state index contributed by atoms with van der Waals surface area (Å²) in [4.78, 5) is 0. The van der Waals surface area contributed by atoms with Gasteiger partial charge in [0, 0.05) is 11.3 Å². The molecule has 1 aromatic rings. The summed E-state index contributed by atoms with van der Waals surface area (Å²) >= 11 is 1.78. The van der Waals surface area contributed by atoms with Gasteiger partial charge in [-0.05, 0) is 30.7 Å². The van der Waals surface area contributed by atoms with Gasteiger partial charge < -0.3 is 9.84 Å². The van der Waals surface area contributed by atoms with Gasteiger partial charge >= 0.3 is 0 Å². The molecule has 82 valence electrons. The van der Waals surface area contributed by atoms with Gasteiger partial charge in [0.25, 0.3) is 0 Å². The summed E-state index contributed by atoms with van der Waals surface area (Å²) in [6.07, 6.45) is 3.55. The fourth-order valence-corrected chi connectivity index (χ4v) is 2.22. The van der Waals surface area contributed by atoms with Crippen LogP contribution in [0, 0.1) is 0 Å². The second kappa shape index (κ2) is 4.90. The standard InChI is InChI=1S/C12H16O2S/c1-15-8-7-14-12-4-2-3-9-10(12)5-6-11(9)13/h2-4,11,13H,5-8H2,1H3. The molecule has 0 saturated carbocycles. The van der Waals surface area contributed by atoms with E-state index >= 15 is 0 Å². The van der Waals surface area contributed by atoms with Crippen LogP contribution in [0.25, 0.3) is 0 Å². The van der Waals surface area contributed by atoms with E-state index in [0.29, 0.717) is 0 Å². The molecule has 1 aromatic carbocycles. The maximum Gasteiger partial charge on any atom is 0.122 e. The first kappa shape index (κ1) is 10.8. The number of hydrogen-bond acceptors (Lipinski definition) is 3. The summed E-state index contributed by atoms with van der Waals surface area (Å²) in [5.41, 5.74) is 2.25. The van der Waals surface area contributed by atoms with E-state index in [4.69, 9.17) is 4.74 Å². The Hall–Kier alpha value is -0.670. The lowest BCUT2D eigenvalue weighted by atomic mass is 10.1. The maximum absolute atomic E-state index is 9.72. The Bertz CT molecular complexity index is 338. The Morgan fingerprint density at radius 2 is 2.40 bits per heavy atom. The molecule has 1 N–H and O–H groups in total. The fraction of sp³-hybridized carbons (Fsp3) is 0.500. The van der Waals surface area contributed by atoms with E-state index in [2.05, 4.69) is 6.26 Å². The molecule has 1 atom stereocenters. The molecule has 1 aliphatic carbocycles. The SMILES string of the molecule is CSCCOc1cccc2c1CCC2O. The Balaban J connectivity index is 2.12. The van der Waals surface area contributed by atoms with Crippen LogP contribution in [-0.2, 0) is 6.42 Å². The van der Waals surface area contributed by atoms with Crippen molar-refractivity contribution in [1.82, 2.24) is 0 Å². The summed E-state index contributed by atoms with van der Waals surface area (Å²) in [6, 6.07) is 5.95. The molecule has 1 aliphatic rings. The topological polar surface area (TPSA) is 29.5 Å². The summed E-state index contributed by atoms with van der Waals surface area (Å²) in [5.74, 6) is 1.96. The maximum atomic E-state index is 9.72. The van der Waals surface area contributed by atoms with Crippen LogP contribution in [0.1, 0.15) is 23.7 Å². The van der Waals surface area contributed by atoms with E-state index in [1.165, 1.54) is 5.56 Å². The molecular weight excluding hydrogens is 208 g/mol. The smallest absolute Gasteiger partial charge is 0.122 e. The molecule has 2 nitrogen and oxygen atoms in total. The van der Waals surface area contributed by atoms with E-state index in [0.717, 1.165) is 36.5 Å². The van der Waals surface area contributed by atoms with E-state index in [1.54, 1.807) is 11.8 Å². The Labute approximate surface area is 94.6 Å². The number of thioether (sulfide) groups is 1. The molecule has 0 bridgehead atoms. The van der Waals surface area contributed by atoms with Crippen molar-refractivity contribution in [3.8, 4) is 5.75 Å². The number of aliphatic hydroxyl groups is 1. The van der Waals surface area contributed by atoms with Gasteiger partial charge in [0.1, 0.15) is 5.75 Å². The van der Waals surface area contributed by atoms with Crippen molar-refractivity contribution >= 4 is 11.8 Å². The van der Waals surface area contributed by atoms with Crippen LogP contribution in [0.5, 0.6) is 5.75 Å². The van der Waals surface area contributed by atoms with Crippen molar-refractivity contribution in [2.24, 2.45) is 0 Å². The molecule has 0 spiro atoms. The number of hydrogen-bond donors (Lipinski definition) is 1. The number of rotatable bonds is 4. The molecule has 0 saturated heterocycles. The fourth-order valence-electron chi connectivity index (χ4n) is 1.97. The van der Waals surface area contributed by atoms with Crippen LogP contribution in [0.15, 0.2) is 18.2 Å². The molecule has 0 aromatic heterocycles. The highest BCUT2D eigenvalue weighted by molar-refractivity contribution is 7.98. The average Bonchev–Trinajstić information content (AvgIpc) is 2.62. The van der Waals surface area contributed by atoms with Gasteiger partial charge in [-0.3, -0.25) is 0 Å². The average molecular weight is 224 g/mol. The third-order valence-corrected chi connectivity index (χ3v) is 3.32. The Morgan fingerprint density at radius 3 is 3.20 bits per heavy atom. The number of benzene rings is 1. The van der Waals surface area contributed by atoms with Crippen molar-refractivity contribution in [3.63, 3.8) is 0 Å². The lowest BCUT2D eigenvalue weighted by Gasteiger charge is -2.10. The highest BCUT2D eigenvalue weighted by Gasteiger charge is 2.22. The minimum absolute atomic E-state index is 0.288. The van der Waals surface area contributed by atoms with E-state index in [1.807, 2.05) is 18.2 Å². The Morgan fingerprint density at radius 1 is 1.53 bits per heavy atom. The molecule has 2 rings (SSSR count). The lowest BCUT2D eigenvalue weighted by Crippen LogP contribution is -2.02. The first-order valence-electron chi connectivity index (χ1n) is 5.24. The first-order valence-corrected chi connectivity index (χ1v) is 6.64. The van der Waals surface area contributed by atoms with E-state index in [-0.39, 0.29) is 6.10 Å². The zero-order valence-corrected chi connectivity index (χ0v) is 9.72. The van der Waals surface area contributed by atoms with Gasteiger partial charge in [-0.1, -0.05) is 12.1 Å². The molecule has 15 heavy (non-hydrogen) atoms. The van der Waals surface area contributed by atoms with E-state index in [9.17, 15) is 5.11 Å². The largest absolute Gasteiger partial charge is 0.492 e. The second-order valence-corrected chi connectivity index (χ2v) is 4.71. The van der Waals surface area contributed by atoms with Crippen molar-refractivity contribution in [3.05, 3.63) is 29.3 Å². The van der Waals surface area contributed by atoms with Crippen LogP contribution < -0.4 is 4.74 Å². The molecule has 0 heterocycles. The zero-order chi connectivity index (χ0) is 10.7. The third kappa shape index (κ3) is 2.29. The predicted octanol–water partition coefficient (Wildman–Crippen LogP) is 2.41. The number of aliphatic hydroxyl groups excluding tert-OH is 1. The summed E-state index contributed by atoms with van der Waals surface area (Å²) in [6.45, 7) is 0.744. The van der Waals surface area contributed by atoms with Crippen LogP contribution in [0.3, 0.4) is 0 Å². The molecular formula is C12H16O2S. The van der Waals surface area contributed by atoms with Gasteiger partial charge in [-0.25, -0.2) is 0 Å². The third-order valence-electron chi connectivity index (χ3n) is 2.74. The summed E-state index contributed by atoms with van der Waals surface area (Å²) in [7, 11) is 0. The predicted molar refractivity (Wildman–Crippen MR) is 63.6 cm³/mol. The van der Waals surface area contributed by atoms with Crippen molar-refractivity contribution in [2.45, 2.75) is 18.9 Å². The first-order chi connectivity index (χ1) is 7.33. The van der Waals surface area contributed by atoms with Crippen LogP contribution in [0.2, 0.25) is 0 Å². The minimum atomic E-state index is -0.288. The lowest BCUT2D eigenvalue weighted by molar-refractivity contribution is 0.180. The quantitative estimate of drug-likeness (QED) is 0.796. The monoisotopic (exact) mass is 224 g/mol.